The second-order valence-corrected chi connectivity index (χ2v) is 7.12. The summed E-state index contributed by atoms with van der Waals surface area (Å²) >= 11 is 0. The van der Waals surface area contributed by atoms with Crippen LogP contribution in [0.2, 0.25) is 0 Å². The lowest BCUT2D eigenvalue weighted by Crippen LogP contribution is -2.68. The van der Waals surface area contributed by atoms with Crippen LogP contribution in [0, 0.1) is 13.8 Å². The third-order valence-electron chi connectivity index (χ3n) is 5.35. The fourth-order valence-electron chi connectivity index (χ4n) is 3.93. The van der Waals surface area contributed by atoms with E-state index < -0.39 is 0 Å². The van der Waals surface area contributed by atoms with Gasteiger partial charge in [0, 0.05) is 45.6 Å². The highest BCUT2D eigenvalue weighted by atomic mass is 16.2. The van der Waals surface area contributed by atoms with Gasteiger partial charge in [-0.1, -0.05) is 6.07 Å². The van der Waals surface area contributed by atoms with E-state index in [0.717, 1.165) is 31.9 Å². The summed E-state index contributed by atoms with van der Waals surface area (Å²) in [6.07, 6.45) is 3.80. The first kappa shape index (κ1) is 15.2. The summed E-state index contributed by atoms with van der Waals surface area (Å²) < 4.78 is 1.94. The van der Waals surface area contributed by atoms with E-state index in [1.165, 1.54) is 16.7 Å². The molecular formula is C18H23N5O. The normalized spacial score (nSPS) is 19.6. The lowest BCUT2D eigenvalue weighted by atomic mass is 9.88. The minimum atomic E-state index is -0.0262. The van der Waals surface area contributed by atoms with Crippen LogP contribution in [0.1, 0.15) is 16.7 Å². The van der Waals surface area contributed by atoms with Gasteiger partial charge in [0.15, 0.2) is 0 Å². The zero-order valence-electron chi connectivity index (χ0n) is 14.4. The number of carbonyl (C=O) groups is 1. The second-order valence-electron chi connectivity index (χ2n) is 7.12. The molecule has 0 radical (unpaired) electrons. The molecule has 24 heavy (non-hydrogen) atoms. The number of likely N-dealkylation sites (tertiary alicyclic amines) is 1. The van der Waals surface area contributed by atoms with E-state index in [2.05, 4.69) is 41.3 Å². The zero-order chi connectivity index (χ0) is 16.9. The molecule has 0 bridgehead atoms. The quantitative estimate of drug-likeness (QED) is 0.934. The summed E-state index contributed by atoms with van der Waals surface area (Å²) in [5.41, 5.74) is 4.95. The summed E-state index contributed by atoms with van der Waals surface area (Å²) in [6, 6.07) is 6.41. The van der Waals surface area contributed by atoms with Gasteiger partial charge < -0.3 is 10.2 Å². The predicted octanol–water partition coefficient (Wildman–Crippen LogP) is 1.70. The van der Waals surface area contributed by atoms with E-state index in [1.54, 1.807) is 0 Å². The fourth-order valence-corrected chi connectivity index (χ4v) is 3.93. The van der Waals surface area contributed by atoms with Crippen LogP contribution in [-0.4, -0.2) is 57.8 Å². The molecule has 0 unspecified atom stereocenters. The highest BCUT2D eigenvalue weighted by molar-refractivity contribution is 5.78. The summed E-state index contributed by atoms with van der Waals surface area (Å²) in [5.74, 6) is 0. The van der Waals surface area contributed by atoms with Crippen molar-refractivity contribution in [1.82, 2.24) is 24.9 Å². The van der Waals surface area contributed by atoms with Gasteiger partial charge in [-0.05, 0) is 42.7 Å². The predicted molar refractivity (Wildman–Crippen MR) is 92.2 cm³/mol. The number of amides is 2. The molecule has 4 rings (SSSR count). The molecule has 1 spiro atoms. The number of hydrogen-bond acceptors (Lipinski definition) is 3. The van der Waals surface area contributed by atoms with Crippen LogP contribution in [0.25, 0.3) is 5.69 Å². The summed E-state index contributed by atoms with van der Waals surface area (Å²) in [5, 5.41) is 7.35. The van der Waals surface area contributed by atoms with Crippen molar-refractivity contribution in [2.24, 2.45) is 0 Å². The van der Waals surface area contributed by atoms with Gasteiger partial charge in [-0.3, -0.25) is 4.90 Å². The van der Waals surface area contributed by atoms with Gasteiger partial charge in [-0.2, -0.15) is 5.10 Å². The smallest absolute Gasteiger partial charge is 0.317 e. The van der Waals surface area contributed by atoms with Crippen molar-refractivity contribution in [3.05, 3.63) is 47.3 Å². The Morgan fingerprint density at radius 2 is 2.08 bits per heavy atom. The molecule has 2 aromatic rings. The Kier molecular flexibility index (Phi) is 3.38. The molecule has 2 saturated heterocycles. The molecule has 2 aliphatic rings. The van der Waals surface area contributed by atoms with Crippen molar-refractivity contribution in [3.63, 3.8) is 0 Å². The van der Waals surface area contributed by atoms with Crippen molar-refractivity contribution < 1.29 is 4.79 Å². The highest BCUT2D eigenvalue weighted by Gasteiger charge is 2.51. The number of benzene rings is 1. The average molecular weight is 325 g/mol. The Bertz CT molecular complexity index is 777. The number of aryl methyl sites for hydroxylation is 2. The van der Waals surface area contributed by atoms with Crippen molar-refractivity contribution in [3.8, 4) is 5.69 Å². The average Bonchev–Trinajstić information content (AvgIpc) is 3.12. The van der Waals surface area contributed by atoms with Gasteiger partial charge in [0.2, 0.25) is 0 Å². The molecule has 6 heteroatoms. The Labute approximate surface area is 142 Å². The van der Waals surface area contributed by atoms with Gasteiger partial charge in [0.05, 0.1) is 11.2 Å². The summed E-state index contributed by atoms with van der Waals surface area (Å²) in [6.45, 7) is 7.73. The van der Waals surface area contributed by atoms with Crippen molar-refractivity contribution in [2.45, 2.75) is 25.9 Å². The number of urea groups is 1. The standard InChI is InChI=1S/C18H23N5O/c1-13-7-14(2)15(16(8-13)23-6-4-5-20-23)9-22-11-18(12-22)10-19-17(24)21(18)3/h4-8H,9-12H2,1-3H3,(H,19,24). The fraction of sp³-hybridized carbons (Fsp3) is 0.444. The van der Waals surface area contributed by atoms with Crippen LogP contribution in [0.5, 0.6) is 0 Å². The van der Waals surface area contributed by atoms with E-state index in [1.807, 2.05) is 35.1 Å². The Hall–Kier alpha value is -2.34. The summed E-state index contributed by atoms with van der Waals surface area (Å²) in [4.78, 5) is 16.0. The maximum absolute atomic E-state index is 11.7. The lowest BCUT2D eigenvalue weighted by molar-refractivity contribution is -0.00119. The lowest BCUT2D eigenvalue weighted by Gasteiger charge is -2.50. The molecule has 0 aliphatic carbocycles. The van der Waals surface area contributed by atoms with Crippen LogP contribution < -0.4 is 5.32 Å². The van der Waals surface area contributed by atoms with Crippen LogP contribution >= 0.6 is 0 Å². The first-order valence-corrected chi connectivity index (χ1v) is 8.33. The van der Waals surface area contributed by atoms with Crippen LogP contribution in [0.4, 0.5) is 4.79 Å². The number of aromatic nitrogens is 2. The maximum atomic E-state index is 11.7. The molecule has 1 N–H and O–H groups in total. The van der Waals surface area contributed by atoms with Crippen LogP contribution in [-0.2, 0) is 6.54 Å². The van der Waals surface area contributed by atoms with Crippen molar-refractivity contribution >= 4 is 6.03 Å². The molecule has 2 fully saturated rings. The molecule has 2 amide bonds. The van der Waals surface area contributed by atoms with Crippen molar-refractivity contribution in [2.75, 3.05) is 26.7 Å². The largest absolute Gasteiger partial charge is 0.336 e. The number of nitrogens with one attached hydrogen (secondary N) is 1. The molecule has 0 saturated carbocycles. The van der Waals surface area contributed by atoms with Gasteiger partial charge in [0.25, 0.3) is 0 Å². The Morgan fingerprint density at radius 1 is 1.29 bits per heavy atom. The third-order valence-corrected chi connectivity index (χ3v) is 5.35. The number of hydrogen-bond donors (Lipinski definition) is 1. The number of rotatable bonds is 3. The van der Waals surface area contributed by atoms with E-state index in [9.17, 15) is 4.79 Å². The molecular weight excluding hydrogens is 302 g/mol. The monoisotopic (exact) mass is 325 g/mol. The first-order chi connectivity index (χ1) is 11.5. The van der Waals surface area contributed by atoms with Crippen LogP contribution in [0.3, 0.4) is 0 Å². The van der Waals surface area contributed by atoms with Crippen LogP contribution in [0.15, 0.2) is 30.6 Å². The third kappa shape index (κ3) is 2.29. The van der Waals surface area contributed by atoms with Gasteiger partial charge in [-0.25, -0.2) is 9.48 Å². The minimum absolute atomic E-state index is 0.0262. The highest BCUT2D eigenvalue weighted by Crippen LogP contribution is 2.32. The SMILES string of the molecule is Cc1cc(C)c(CN2CC3(CNC(=O)N3C)C2)c(-n2cccn2)c1. The molecule has 1 aromatic heterocycles. The Balaban J connectivity index is 1.57. The van der Waals surface area contributed by atoms with Gasteiger partial charge in [0.1, 0.15) is 0 Å². The second kappa shape index (κ2) is 5.34. The topological polar surface area (TPSA) is 53.4 Å². The first-order valence-electron chi connectivity index (χ1n) is 8.33. The minimum Gasteiger partial charge on any atom is -0.336 e. The van der Waals surface area contributed by atoms with Gasteiger partial charge >= 0.3 is 6.03 Å². The van der Waals surface area contributed by atoms with E-state index in [-0.39, 0.29) is 11.6 Å². The molecule has 0 atom stereocenters. The molecule has 3 heterocycles. The molecule has 2 aliphatic heterocycles. The van der Waals surface area contributed by atoms with E-state index in [4.69, 9.17) is 0 Å². The van der Waals surface area contributed by atoms with Gasteiger partial charge in [-0.15, -0.1) is 0 Å². The van der Waals surface area contributed by atoms with Crippen molar-refractivity contribution in [1.29, 1.82) is 0 Å². The maximum Gasteiger partial charge on any atom is 0.317 e. The molecule has 1 aromatic carbocycles. The number of carbonyl (C=O) groups excluding carboxylic acids is 1. The summed E-state index contributed by atoms with van der Waals surface area (Å²) in [7, 11) is 1.89. The van der Waals surface area contributed by atoms with E-state index >= 15 is 0 Å². The number of likely N-dealkylation sites (N-methyl/N-ethyl adjacent to an activating group) is 1. The number of nitrogens with zero attached hydrogens (tertiary/aromatic N) is 4. The van der Waals surface area contributed by atoms with E-state index in [0.29, 0.717) is 0 Å². The Morgan fingerprint density at radius 3 is 2.71 bits per heavy atom. The molecule has 6 nitrogen and oxygen atoms in total. The molecule has 126 valence electrons. The zero-order valence-corrected chi connectivity index (χ0v) is 14.4.